The number of rotatable bonds is 3. The molecule has 21 heavy (non-hydrogen) atoms. The van der Waals surface area contributed by atoms with Gasteiger partial charge < -0.3 is 0 Å². The first kappa shape index (κ1) is 14.5. The molecule has 0 fully saturated rings. The summed E-state index contributed by atoms with van der Waals surface area (Å²) in [5.74, 6) is 1.02. The third-order valence-corrected chi connectivity index (χ3v) is 4.19. The third kappa shape index (κ3) is 2.70. The third-order valence-electron chi connectivity index (χ3n) is 3.36. The van der Waals surface area contributed by atoms with Crippen LogP contribution >= 0.6 is 27.5 Å². The molecule has 5 heteroatoms. The number of imidazole rings is 1. The van der Waals surface area contributed by atoms with Crippen LogP contribution < -0.4 is 0 Å². The fourth-order valence-electron chi connectivity index (χ4n) is 2.40. The molecule has 0 unspecified atom stereocenters. The summed E-state index contributed by atoms with van der Waals surface area (Å²) in [7, 11) is 0. The Morgan fingerprint density at radius 1 is 1.24 bits per heavy atom. The lowest BCUT2D eigenvalue weighted by atomic mass is 10.2. The van der Waals surface area contributed by atoms with Crippen LogP contribution in [0.15, 0.2) is 40.9 Å². The molecule has 2 nitrogen and oxygen atoms in total. The van der Waals surface area contributed by atoms with Gasteiger partial charge in [0.2, 0.25) is 0 Å². The predicted octanol–water partition coefficient (Wildman–Crippen LogP) is 5.02. The largest absolute Gasteiger partial charge is 0.296 e. The molecule has 0 spiro atoms. The molecule has 108 valence electrons. The maximum atomic E-state index is 13.9. The Morgan fingerprint density at radius 3 is 2.76 bits per heavy atom. The number of aryl methyl sites for hydroxylation is 2. The van der Waals surface area contributed by atoms with Gasteiger partial charge in [0.05, 0.1) is 21.2 Å². The molecule has 0 radical (unpaired) electrons. The fourth-order valence-corrected chi connectivity index (χ4v) is 2.82. The molecule has 0 aliphatic carbocycles. The van der Waals surface area contributed by atoms with Crippen LogP contribution in [0.3, 0.4) is 0 Å². The molecule has 3 rings (SSSR count). The average Bonchev–Trinajstić information content (AvgIpc) is 2.80. The van der Waals surface area contributed by atoms with E-state index < -0.39 is 0 Å². The summed E-state index contributed by atoms with van der Waals surface area (Å²) in [6.07, 6.45) is 0.632. The Bertz CT molecular complexity index is 813. The van der Waals surface area contributed by atoms with E-state index >= 15 is 0 Å². The zero-order valence-corrected chi connectivity index (χ0v) is 13.7. The lowest BCUT2D eigenvalue weighted by Gasteiger charge is -2.09. The molecule has 2 aromatic carbocycles. The van der Waals surface area contributed by atoms with Gasteiger partial charge in [0, 0.05) is 12.3 Å². The van der Waals surface area contributed by atoms with Crippen LogP contribution in [0.1, 0.15) is 11.4 Å². The van der Waals surface area contributed by atoms with Crippen LogP contribution in [0.25, 0.3) is 16.7 Å². The Hall–Kier alpha value is -1.39. The van der Waals surface area contributed by atoms with E-state index in [1.807, 2.05) is 29.7 Å². The lowest BCUT2D eigenvalue weighted by Crippen LogP contribution is -2.02. The normalized spacial score (nSPS) is 11.2. The van der Waals surface area contributed by atoms with E-state index in [1.54, 1.807) is 6.07 Å². The number of aromatic nitrogens is 2. The number of fused-ring (bicyclic) bond motifs is 1. The van der Waals surface area contributed by atoms with Crippen molar-refractivity contribution in [3.05, 3.63) is 58.1 Å². The maximum absolute atomic E-state index is 13.9. The van der Waals surface area contributed by atoms with Gasteiger partial charge in [0.1, 0.15) is 11.6 Å². The molecule has 1 aromatic heterocycles. The van der Waals surface area contributed by atoms with E-state index in [0.717, 1.165) is 28.1 Å². The van der Waals surface area contributed by atoms with Crippen molar-refractivity contribution in [2.24, 2.45) is 0 Å². The minimum atomic E-state index is -0.293. The molecule has 3 aromatic rings. The summed E-state index contributed by atoms with van der Waals surface area (Å²) < 4.78 is 16.3. The summed E-state index contributed by atoms with van der Waals surface area (Å²) in [6.45, 7) is 2.03. The second-order valence-electron chi connectivity index (χ2n) is 4.89. The highest BCUT2D eigenvalue weighted by atomic mass is 79.9. The molecule has 0 aliphatic heterocycles. The minimum Gasteiger partial charge on any atom is -0.296 e. The maximum Gasteiger partial charge on any atom is 0.139 e. The number of hydrogen-bond acceptors (Lipinski definition) is 1. The zero-order chi connectivity index (χ0) is 15.0. The Balaban J connectivity index is 2.29. The van der Waals surface area contributed by atoms with Gasteiger partial charge in [0.15, 0.2) is 0 Å². The predicted molar refractivity (Wildman–Crippen MR) is 87.9 cm³/mol. The summed E-state index contributed by atoms with van der Waals surface area (Å²) in [5, 5.41) is 0. The first-order valence-corrected chi connectivity index (χ1v) is 7.92. The van der Waals surface area contributed by atoms with Crippen molar-refractivity contribution in [2.75, 3.05) is 5.88 Å². The molecule has 0 bridgehead atoms. The van der Waals surface area contributed by atoms with E-state index in [9.17, 15) is 4.39 Å². The van der Waals surface area contributed by atoms with Gasteiger partial charge in [-0.1, -0.05) is 6.07 Å². The van der Waals surface area contributed by atoms with E-state index in [-0.39, 0.29) is 5.82 Å². The molecule has 0 N–H and O–H groups in total. The second kappa shape index (κ2) is 5.78. The topological polar surface area (TPSA) is 17.8 Å². The van der Waals surface area contributed by atoms with Crippen LogP contribution in [0.5, 0.6) is 0 Å². The van der Waals surface area contributed by atoms with Gasteiger partial charge in [-0.3, -0.25) is 4.57 Å². The van der Waals surface area contributed by atoms with E-state index in [1.165, 1.54) is 6.07 Å². The van der Waals surface area contributed by atoms with Gasteiger partial charge in [-0.25, -0.2) is 9.37 Å². The van der Waals surface area contributed by atoms with Crippen molar-refractivity contribution in [3.8, 4) is 5.69 Å². The number of benzene rings is 2. The van der Waals surface area contributed by atoms with Crippen LogP contribution in [-0.4, -0.2) is 15.4 Å². The van der Waals surface area contributed by atoms with Gasteiger partial charge in [-0.05, 0) is 58.7 Å². The highest BCUT2D eigenvalue weighted by Crippen LogP contribution is 2.26. The number of alkyl halides is 1. The van der Waals surface area contributed by atoms with Gasteiger partial charge in [0.25, 0.3) is 0 Å². The number of halogens is 3. The van der Waals surface area contributed by atoms with Crippen molar-refractivity contribution in [1.82, 2.24) is 9.55 Å². The van der Waals surface area contributed by atoms with E-state index in [2.05, 4.69) is 27.0 Å². The number of hydrogen-bond donors (Lipinski definition) is 0. The summed E-state index contributed by atoms with van der Waals surface area (Å²) in [4.78, 5) is 4.62. The van der Waals surface area contributed by atoms with Crippen molar-refractivity contribution < 1.29 is 4.39 Å². The van der Waals surface area contributed by atoms with Crippen molar-refractivity contribution >= 4 is 38.6 Å². The minimum absolute atomic E-state index is 0.293. The molecular weight excluding hydrogens is 355 g/mol. The molecule has 0 saturated carbocycles. The highest BCUT2D eigenvalue weighted by molar-refractivity contribution is 9.10. The Morgan fingerprint density at radius 2 is 2.05 bits per heavy atom. The van der Waals surface area contributed by atoms with E-state index in [0.29, 0.717) is 16.8 Å². The first-order chi connectivity index (χ1) is 10.1. The summed E-state index contributed by atoms with van der Waals surface area (Å²) in [5.41, 5.74) is 3.75. The highest BCUT2D eigenvalue weighted by Gasteiger charge is 2.13. The van der Waals surface area contributed by atoms with Crippen LogP contribution in [0.2, 0.25) is 0 Å². The molecule has 0 atom stereocenters. The quantitative estimate of drug-likeness (QED) is 0.595. The van der Waals surface area contributed by atoms with Gasteiger partial charge in [-0.15, -0.1) is 11.6 Å². The molecule has 1 heterocycles. The molecule has 0 aliphatic rings. The molecule has 0 amide bonds. The number of nitrogens with zero attached hydrogens (tertiary/aromatic N) is 2. The van der Waals surface area contributed by atoms with Crippen molar-refractivity contribution in [1.29, 1.82) is 0 Å². The zero-order valence-electron chi connectivity index (χ0n) is 11.4. The summed E-state index contributed by atoms with van der Waals surface area (Å²) >= 11 is 9.06. The average molecular weight is 368 g/mol. The van der Waals surface area contributed by atoms with Crippen LogP contribution in [0.4, 0.5) is 4.39 Å². The van der Waals surface area contributed by atoms with Crippen molar-refractivity contribution in [3.63, 3.8) is 0 Å². The van der Waals surface area contributed by atoms with Crippen LogP contribution in [-0.2, 0) is 6.42 Å². The van der Waals surface area contributed by atoms with E-state index in [4.69, 9.17) is 11.6 Å². The SMILES string of the molecule is Cc1ccc2nc(CCCl)n(-c3ccc(Br)c(F)c3)c2c1. The van der Waals surface area contributed by atoms with Crippen molar-refractivity contribution in [2.45, 2.75) is 13.3 Å². The van der Waals surface area contributed by atoms with Gasteiger partial charge >= 0.3 is 0 Å². The Labute approximate surface area is 135 Å². The molecular formula is C16H13BrClFN2. The lowest BCUT2D eigenvalue weighted by molar-refractivity contribution is 0.619. The van der Waals surface area contributed by atoms with Gasteiger partial charge in [-0.2, -0.15) is 0 Å². The second-order valence-corrected chi connectivity index (χ2v) is 6.13. The summed E-state index contributed by atoms with van der Waals surface area (Å²) in [6, 6.07) is 11.1. The van der Waals surface area contributed by atoms with Crippen LogP contribution in [0, 0.1) is 12.7 Å². The molecule has 0 saturated heterocycles. The fraction of sp³-hybridized carbons (Fsp3) is 0.188. The monoisotopic (exact) mass is 366 g/mol. The smallest absolute Gasteiger partial charge is 0.139 e. The first-order valence-electron chi connectivity index (χ1n) is 6.59. The standard InChI is InChI=1S/C16H13BrClFN2/c1-10-2-5-14-15(8-10)21(16(20-14)6-7-18)11-3-4-12(17)13(19)9-11/h2-5,8-9H,6-7H2,1H3. The Kier molecular flexibility index (Phi) is 4.00.